The van der Waals surface area contributed by atoms with Gasteiger partial charge in [-0.05, 0) is 19.1 Å². The third-order valence-electron chi connectivity index (χ3n) is 3.07. The predicted molar refractivity (Wildman–Crippen MR) is 93.4 cm³/mol. The number of imidazole rings is 1. The van der Waals surface area contributed by atoms with Crippen molar-refractivity contribution in [3.05, 3.63) is 30.1 Å². The SMILES string of the molecule is CCOC(=O)c1cnc(SCC(=O)Nc2cc(OC)ccc2OC)[nH]1. The number of nitrogens with zero attached hydrogens (tertiary/aromatic N) is 1. The van der Waals surface area contributed by atoms with Gasteiger partial charge in [0.15, 0.2) is 5.16 Å². The predicted octanol–water partition coefficient (Wildman–Crippen LogP) is 2.33. The van der Waals surface area contributed by atoms with Crippen molar-refractivity contribution in [1.29, 1.82) is 0 Å². The molecule has 0 unspecified atom stereocenters. The van der Waals surface area contributed by atoms with Gasteiger partial charge < -0.3 is 24.5 Å². The molecule has 2 N–H and O–H groups in total. The van der Waals surface area contributed by atoms with Crippen LogP contribution in [0, 0.1) is 0 Å². The van der Waals surface area contributed by atoms with E-state index in [2.05, 4.69) is 15.3 Å². The van der Waals surface area contributed by atoms with E-state index in [0.29, 0.717) is 22.3 Å². The highest BCUT2D eigenvalue weighted by Crippen LogP contribution is 2.29. The summed E-state index contributed by atoms with van der Waals surface area (Å²) in [7, 11) is 3.06. The molecule has 0 aliphatic heterocycles. The van der Waals surface area contributed by atoms with Crippen LogP contribution < -0.4 is 14.8 Å². The summed E-state index contributed by atoms with van der Waals surface area (Å²) in [5, 5.41) is 3.21. The topological polar surface area (TPSA) is 103 Å². The van der Waals surface area contributed by atoms with Gasteiger partial charge in [-0.15, -0.1) is 0 Å². The minimum Gasteiger partial charge on any atom is -0.497 e. The molecular formula is C16H19N3O5S. The largest absolute Gasteiger partial charge is 0.497 e. The quantitative estimate of drug-likeness (QED) is 0.547. The van der Waals surface area contributed by atoms with E-state index < -0.39 is 5.97 Å². The number of amides is 1. The van der Waals surface area contributed by atoms with Gasteiger partial charge in [-0.2, -0.15) is 0 Å². The first kappa shape index (κ1) is 18.7. The van der Waals surface area contributed by atoms with Gasteiger partial charge in [-0.3, -0.25) is 4.79 Å². The van der Waals surface area contributed by atoms with Gasteiger partial charge in [0.05, 0.1) is 38.5 Å². The Balaban J connectivity index is 1.94. The second-order valence-corrected chi connectivity index (χ2v) is 5.69. The van der Waals surface area contributed by atoms with Crippen molar-refractivity contribution in [2.24, 2.45) is 0 Å². The minimum absolute atomic E-state index is 0.107. The zero-order valence-electron chi connectivity index (χ0n) is 14.1. The second kappa shape index (κ2) is 8.97. The Morgan fingerprint density at radius 1 is 1.28 bits per heavy atom. The molecule has 1 amide bonds. The number of aromatic nitrogens is 2. The highest BCUT2D eigenvalue weighted by molar-refractivity contribution is 7.99. The Bertz CT molecular complexity index is 747. The average molecular weight is 365 g/mol. The fourth-order valence-corrected chi connectivity index (χ4v) is 2.57. The summed E-state index contributed by atoms with van der Waals surface area (Å²) in [5.41, 5.74) is 0.762. The van der Waals surface area contributed by atoms with Crippen LogP contribution in [0.3, 0.4) is 0 Å². The molecule has 1 aromatic carbocycles. The Labute approximate surface area is 149 Å². The molecule has 0 bridgehead atoms. The molecule has 0 aliphatic carbocycles. The number of rotatable bonds is 8. The Morgan fingerprint density at radius 2 is 2.08 bits per heavy atom. The monoisotopic (exact) mass is 365 g/mol. The summed E-state index contributed by atoms with van der Waals surface area (Å²) >= 11 is 1.17. The number of carbonyl (C=O) groups is 2. The Morgan fingerprint density at radius 3 is 2.76 bits per heavy atom. The van der Waals surface area contributed by atoms with Gasteiger partial charge in [0.25, 0.3) is 0 Å². The molecule has 25 heavy (non-hydrogen) atoms. The molecule has 0 fully saturated rings. The highest BCUT2D eigenvalue weighted by atomic mass is 32.2. The van der Waals surface area contributed by atoms with Crippen LogP contribution in [0.15, 0.2) is 29.6 Å². The molecule has 2 rings (SSSR count). The number of hydrogen-bond acceptors (Lipinski definition) is 7. The van der Waals surface area contributed by atoms with Gasteiger partial charge in [-0.1, -0.05) is 11.8 Å². The molecule has 8 nitrogen and oxygen atoms in total. The van der Waals surface area contributed by atoms with Crippen LogP contribution in [0.25, 0.3) is 0 Å². The molecule has 0 radical (unpaired) electrons. The lowest BCUT2D eigenvalue weighted by Crippen LogP contribution is -2.15. The first-order chi connectivity index (χ1) is 12.1. The molecule has 0 spiro atoms. The summed E-state index contributed by atoms with van der Waals surface area (Å²) < 4.78 is 15.2. The van der Waals surface area contributed by atoms with Crippen LogP contribution in [0.1, 0.15) is 17.4 Å². The number of hydrogen-bond donors (Lipinski definition) is 2. The first-order valence-electron chi connectivity index (χ1n) is 7.44. The van der Waals surface area contributed by atoms with Crippen molar-refractivity contribution in [3.8, 4) is 11.5 Å². The highest BCUT2D eigenvalue weighted by Gasteiger charge is 2.13. The normalized spacial score (nSPS) is 10.2. The molecule has 0 atom stereocenters. The van der Waals surface area contributed by atoms with Gasteiger partial charge in [0, 0.05) is 6.07 Å². The van der Waals surface area contributed by atoms with Gasteiger partial charge in [-0.25, -0.2) is 9.78 Å². The van der Waals surface area contributed by atoms with Crippen molar-refractivity contribution < 1.29 is 23.8 Å². The molecule has 0 saturated carbocycles. The fraction of sp³-hybridized carbons (Fsp3) is 0.312. The number of benzene rings is 1. The van der Waals surface area contributed by atoms with E-state index in [1.165, 1.54) is 25.1 Å². The van der Waals surface area contributed by atoms with Crippen molar-refractivity contribution in [3.63, 3.8) is 0 Å². The average Bonchev–Trinajstić information content (AvgIpc) is 3.09. The van der Waals surface area contributed by atoms with Crippen LogP contribution in [0.2, 0.25) is 0 Å². The van der Waals surface area contributed by atoms with Gasteiger partial charge >= 0.3 is 5.97 Å². The lowest BCUT2D eigenvalue weighted by Gasteiger charge is -2.11. The maximum atomic E-state index is 12.1. The number of H-pyrrole nitrogens is 1. The number of nitrogens with one attached hydrogen (secondary N) is 2. The van der Waals surface area contributed by atoms with E-state index in [4.69, 9.17) is 14.2 Å². The maximum absolute atomic E-state index is 12.1. The van der Waals surface area contributed by atoms with E-state index in [1.807, 2.05) is 0 Å². The van der Waals surface area contributed by atoms with Crippen LogP contribution in [-0.4, -0.2) is 48.4 Å². The van der Waals surface area contributed by atoms with Crippen molar-refractivity contribution in [2.45, 2.75) is 12.1 Å². The zero-order chi connectivity index (χ0) is 18.2. The summed E-state index contributed by atoms with van der Waals surface area (Å²) in [6.07, 6.45) is 1.38. The molecule has 0 saturated heterocycles. The molecule has 2 aromatic rings. The summed E-state index contributed by atoms with van der Waals surface area (Å²) in [6, 6.07) is 5.12. The third kappa shape index (κ3) is 5.15. The third-order valence-corrected chi connectivity index (χ3v) is 3.96. The number of esters is 1. The molecular weight excluding hydrogens is 346 g/mol. The van der Waals surface area contributed by atoms with E-state index in [1.54, 1.807) is 32.2 Å². The minimum atomic E-state index is -0.479. The van der Waals surface area contributed by atoms with Crippen LogP contribution in [0.4, 0.5) is 5.69 Å². The maximum Gasteiger partial charge on any atom is 0.356 e. The van der Waals surface area contributed by atoms with E-state index in [9.17, 15) is 9.59 Å². The number of thioether (sulfide) groups is 1. The Hall–Kier alpha value is -2.68. The number of carbonyl (C=O) groups excluding carboxylic acids is 2. The number of aromatic amines is 1. The summed E-state index contributed by atoms with van der Waals surface area (Å²) in [5.74, 6) is 0.518. The summed E-state index contributed by atoms with van der Waals surface area (Å²) in [4.78, 5) is 30.5. The van der Waals surface area contributed by atoms with Gasteiger partial charge in [0.1, 0.15) is 17.2 Å². The molecule has 0 aliphatic rings. The van der Waals surface area contributed by atoms with Crippen molar-refractivity contribution in [2.75, 3.05) is 31.9 Å². The molecule has 9 heteroatoms. The standard InChI is InChI=1S/C16H19N3O5S/c1-4-24-15(21)12-8-17-16(19-12)25-9-14(20)18-11-7-10(22-2)5-6-13(11)23-3/h5-8H,4,9H2,1-3H3,(H,17,19)(H,18,20). The van der Waals surface area contributed by atoms with E-state index in [-0.39, 0.29) is 24.0 Å². The fourth-order valence-electron chi connectivity index (χ4n) is 1.92. The number of methoxy groups -OCH3 is 2. The molecule has 1 heterocycles. The smallest absolute Gasteiger partial charge is 0.356 e. The lowest BCUT2D eigenvalue weighted by atomic mass is 10.2. The number of anilines is 1. The van der Waals surface area contributed by atoms with Crippen molar-refractivity contribution in [1.82, 2.24) is 9.97 Å². The van der Waals surface area contributed by atoms with Crippen LogP contribution in [0.5, 0.6) is 11.5 Å². The second-order valence-electron chi connectivity index (χ2n) is 4.73. The Kier molecular flexibility index (Phi) is 6.70. The lowest BCUT2D eigenvalue weighted by molar-refractivity contribution is -0.113. The first-order valence-corrected chi connectivity index (χ1v) is 8.42. The molecule has 1 aromatic heterocycles. The van der Waals surface area contributed by atoms with E-state index in [0.717, 1.165) is 0 Å². The molecule has 134 valence electrons. The zero-order valence-corrected chi connectivity index (χ0v) is 14.9. The van der Waals surface area contributed by atoms with E-state index >= 15 is 0 Å². The van der Waals surface area contributed by atoms with Crippen molar-refractivity contribution >= 4 is 29.3 Å². The number of ether oxygens (including phenoxy) is 3. The van der Waals surface area contributed by atoms with Crippen LogP contribution >= 0.6 is 11.8 Å². The van der Waals surface area contributed by atoms with Gasteiger partial charge in [0.2, 0.25) is 5.91 Å². The van der Waals surface area contributed by atoms with Crippen LogP contribution in [-0.2, 0) is 9.53 Å². The summed E-state index contributed by atoms with van der Waals surface area (Å²) in [6.45, 7) is 2.01.